The summed E-state index contributed by atoms with van der Waals surface area (Å²) in [6, 6.07) is 15.4. The van der Waals surface area contributed by atoms with Crippen molar-refractivity contribution in [2.24, 2.45) is 0 Å². The van der Waals surface area contributed by atoms with Crippen molar-refractivity contribution in [2.75, 3.05) is 18.0 Å². The van der Waals surface area contributed by atoms with E-state index < -0.39 is 0 Å². The molecule has 0 spiro atoms. The van der Waals surface area contributed by atoms with Gasteiger partial charge in [0.15, 0.2) is 0 Å². The zero-order chi connectivity index (χ0) is 17.5. The summed E-state index contributed by atoms with van der Waals surface area (Å²) in [5.41, 5.74) is 2.95. The first kappa shape index (κ1) is 18.2. The van der Waals surface area contributed by atoms with Crippen molar-refractivity contribution in [2.45, 2.75) is 20.3 Å². The number of carbonyl (C=O) groups excluding carboxylic acids is 2. The zero-order valence-electron chi connectivity index (χ0n) is 13.9. The number of amides is 2. The van der Waals surface area contributed by atoms with Crippen LogP contribution in [-0.2, 0) is 16.0 Å². The Hall–Kier alpha value is -2.14. The van der Waals surface area contributed by atoms with Crippen LogP contribution in [-0.4, -0.2) is 24.9 Å². The number of hydrogen-bond acceptors (Lipinski definition) is 2. The smallest absolute Gasteiger partial charge is 0.224 e. The van der Waals surface area contributed by atoms with Gasteiger partial charge in [0.2, 0.25) is 11.8 Å². The molecule has 4 nitrogen and oxygen atoms in total. The number of anilines is 1. The highest BCUT2D eigenvalue weighted by Gasteiger charge is 2.11. The van der Waals surface area contributed by atoms with Crippen LogP contribution in [0.2, 0.25) is 0 Å². The molecule has 1 N–H and O–H groups in total. The third-order valence-corrected chi connectivity index (χ3v) is 4.15. The maximum Gasteiger partial charge on any atom is 0.224 e. The molecule has 0 aliphatic carbocycles. The summed E-state index contributed by atoms with van der Waals surface area (Å²) in [5.74, 6) is -0.0924. The van der Waals surface area contributed by atoms with E-state index in [4.69, 9.17) is 0 Å². The molecule has 0 aromatic heterocycles. The van der Waals surface area contributed by atoms with Gasteiger partial charge in [-0.15, -0.1) is 0 Å². The Morgan fingerprint density at radius 1 is 1.12 bits per heavy atom. The number of hydrogen-bond donors (Lipinski definition) is 1. The molecule has 2 aromatic rings. The summed E-state index contributed by atoms with van der Waals surface area (Å²) >= 11 is 3.38. The average Bonchev–Trinajstić information content (AvgIpc) is 2.52. The van der Waals surface area contributed by atoms with E-state index in [1.165, 1.54) is 6.92 Å². The molecule has 0 bridgehead atoms. The van der Waals surface area contributed by atoms with Crippen molar-refractivity contribution in [3.05, 3.63) is 64.1 Å². The Balaban J connectivity index is 1.87. The van der Waals surface area contributed by atoms with E-state index >= 15 is 0 Å². The quantitative estimate of drug-likeness (QED) is 0.823. The van der Waals surface area contributed by atoms with Gasteiger partial charge in [0.1, 0.15) is 0 Å². The van der Waals surface area contributed by atoms with E-state index in [-0.39, 0.29) is 11.8 Å². The van der Waals surface area contributed by atoms with E-state index in [0.29, 0.717) is 19.5 Å². The van der Waals surface area contributed by atoms with Crippen LogP contribution >= 0.6 is 15.9 Å². The lowest BCUT2D eigenvalue weighted by Gasteiger charge is -2.21. The maximum absolute atomic E-state index is 12.0. The molecule has 24 heavy (non-hydrogen) atoms. The molecule has 0 fully saturated rings. The normalized spacial score (nSPS) is 10.3. The Bertz CT molecular complexity index is 714. The second kappa shape index (κ2) is 8.64. The fourth-order valence-electron chi connectivity index (χ4n) is 2.47. The molecule has 0 saturated heterocycles. The predicted molar refractivity (Wildman–Crippen MR) is 100 cm³/mol. The number of halogens is 1. The topological polar surface area (TPSA) is 49.4 Å². The van der Waals surface area contributed by atoms with Crippen LogP contribution in [0.15, 0.2) is 53.0 Å². The lowest BCUT2D eigenvalue weighted by molar-refractivity contribution is -0.121. The van der Waals surface area contributed by atoms with Crippen LogP contribution in [0.3, 0.4) is 0 Å². The lowest BCUT2D eigenvalue weighted by Crippen LogP contribution is -2.38. The summed E-state index contributed by atoms with van der Waals surface area (Å²) in [6.45, 7) is 4.39. The molecule has 126 valence electrons. The molecule has 0 aliphatic rings. The number of nitrogens with one attached hydrogen (secondary N) is 1. The SMILES string of the molecule is CC(=O)N(CCNC(=O)Cc1cccc(C)c1)c1ccc(Br)cc1. The summed E-state index contributed by atoms with van der Waals surface area (Å²) in [7, 11) is 0. The van der Waals surface area contributed by atoms with Gasteiger partial charge in [0.25, 0.3) is 0 Å². The van der Waals surface area contributed by atoms with Gasteiger partial charge in [0, 0.05) is 30.2 Å². The second-order valence-corrected chi connectivity index (χ2v) is 6.58. The molecule has 0 unspecified atom stereocenters. The van der Waals surface area contributed by atoms with Gasteiger partial charge in [-0.25, -0.2) is 0 Å². The molecule has 0 atom stereocenters. The van der Waals surface area contributed by atoms with Gasteiger partial charge in [-0.3, -0.25) is 9.59 Å². The van der Waals surface area contributed by atoms with Crippen molar-refractivity contribution in [3.8, 4) is 0 Å². The van der Waals surface area contributed by atoms with Crippen molar-refractivity contribution in [3.63, 3.8) is 0 Å². The Morgan fingerprint density at radius 3 is 2.46 bits per heavy atom. The Labute approximate surface area is 151 Å². The second-order valence-electron chi connectivity index (χ2n) is 5.66. The number of aryl methyl sites for hydroxylation is 1. The highest BCUT2D eigenvalue weighted by molar-refractivity contribution is 9.10. The molecular weight excluding hydrogens is 368 g/mol. The minimum atomic E-state index is -0.0507. The highest BCUT2D eigenvalue weighted by Crippen LogP contribution is 2.18. The Kier molecular flexibility index (Phi) is 6.55. The molecule has 0 radical (unpaired) electrons. The van der Waals surface area contributed by atoms with E-state index in [2.05, 4.69) is 21.2 Å². The molecule has 5 heteroatoms. The highest BCUT2D eigenvalue weighted by atomic mass is 79.9. The first-order valence-electron chi connectivity index (χ1n) is 7.81. The third-order valence-electron chi connectivity index (χ3n) is 3.62. The molecule has 2 aromatic carbocycles. The first-order valence-corrected chi connectivity index (χ1v) is 8.61. The van der Waals surface area contributed by atoms with Gasteiger partial charge in [-0.1, -0.05) is 45.8 Å². The van der Waals surface area contributed by atoms with Crippen molar-refractivity contribution in [1.29, 1.82) is 0 Å². The molecular formula is C19H21BrN2O2. The summed E-state index contributed by atoms with van der Waals surface area (Å²) in [4.78, 5) is 25.5. The minimum absolute atomic E-state index is 0.0418. The van der Waals surface area contributed by atoms with Gasteiger partial charge >= 0.3 is 0 Å². The summed E-state index contributed by atoms with van der Waals surface area (Å²) < 4.78 is 0.959. The van der Waals surface area contributed by atoms with Crippen LogP contribution < -0.4 is 10.2 Å². The summed E-state index contributed by atoms with van der Waals surface area (Å²) in [5, 5.41) is 2.88. The fourth-order valence-corrected chi connectivity index (χ4v) is 2.73. The number of carbonyl (C=O) groups is 2. The van der Waals surface area contributed by atoms with Gasteiger partial charge in [-0.05, 0) is 36.8 Å². The van der Waals surface area contributed by atoms with Gasteiger partial charge < -0.3 is 10.2 Å². The summed E-state index contributed by atoms with van der Waals surface area (Å²) in [6.07, 6.45) is 0.347. The molecule has 0 aliphatic heterocycles. The monoisotopic (exact) mass is 388 g/mol. The largest absolute Gasteiger partial charge is 0.354 e. The van der Waals surface area contributed by atoms with Gasteiger partial charge in [0.05, 0.1) is 6.42 Å². The number of nitrogens with zero attached hydrogens (tertiary/aromatic N) is 1. The standard InChI is InChI=1S/C19H21BrN2O2/c1-14-4-3-5-16(12-14)13-19(24)21-10-11-22(15(2)23)18-8-6-17(20)7-9-18/h3-9,12H,10-11,13H2,1-2H3,(H,21,24). The van der Waals surface area contributed by atoms with Gasteiger partial charge in [-0.2, -0.15) is 0 Å². The first-order chi connectivity index (χ1) is 11.5. The zero-order valence-corrected chi connectivity index (χ0v) is 15.5. The molecule has 0 saturated carbocycles. The lowest BCUT2D eigenvalue weighted by atomic mass is 10.1. The molecule has 0 heterocycles. The van der Waals surface area contributed by atoms with E-state index in [9.17, 15) is 9.59 Å². The van der Waals surface area contributed by atoms with Crippen molar-refractivity contribution >= 4 is 33.4 Å². The van der Waals surface area contributed by atoms with Crippen LogP contribution in [0.25, 0.3) is 0 Å². The molecule has 2 rings (SSSR count). The third kappa shape index (κ3) is 5.49. The predicted octanol–water partition coefficient (Wildman–Crippen LogP) is 3.47. The van der Waals surface area contributed by atoms with Crippen LogP contribution in [0.1, 0.15) is 18.1 Å². The maximum atomic E-state index is 12.0. The molecule has 2 amide bonds. The average molecular weight is 389 g/mol. The van der Waals surface area contributed by atoms with Crippen molar-refractivity contribution < 1.29 is 9.59 Å². The Morgan fingerprint density at radius 2 is 1.83 bits per heavy atom. The van der Waals surface area contributed by atoms with Crippen LogP contribution in [0.5, 0.6) is 0 Å². The van der Waals surface area contributed by atoms with Crippen LogP contribution in [0, 0.1) is 6.92 Å². The van der Waals surface area contributed by atoms with E-state index in [1.807, 2.05) is 55.5 Å². The van der Waals surface area contributed by atoms with E-state index in [0.717, 1.165) is 21.3 Å². The van der Waals surface area contributed by atoms with E-state index in [1.54, 1.807) is 4.90 Å². The minimum Gasteiger partial charge on any atom is -0.354 e. The fraction of sp³-hybridized carbons (Fsp3) is 0.263. The number of rotatable bonds is 6. The number of benzene rings is 2. The van der Waals surface area contributed by atoms with Crippen molar-refractivity contribution in [1.82, 2.24) is 5.32 Å². The van der Waals surface area contributed by atoms with Crippen LogP contribution in [0.4, 0.5) is 5.69 Å².